The van der Waals surface area contributed by atoms with Crippen LogP contribution < -0.4 is 4.74 Å². The van der Waals surface area contributed by atoms with Crippen LogP contribution >= 0.6 is 0 Å². The molecule has 0 aliphatic carbocycles. The third kappa shape index (κ3) is 2.18. The first kappa shape index (κ1) is 9.77. The van der Waals surface area contributed by atoms with E-state index in [4.69, 9.17) is 4.74 Å². The number of aromatic amines is 1. The lowest BCUT2D eigenvalue weighted by Crippen LogP contribution is -1.91. The van der Waals surface area contributed by atoms with Gasteiger partial charge in [0, 0.05) is 11.3 Å². The largest absolute Gasteiger partial charge is 0.494 e. The fourth-order valence-electron chi connectivity index (χ4n) is 1.41. The number of nitrogens with one attached hydrogen (secondary N) is 1. The SMILES string of the molecule is CCOc1cccc(-c2n[c]c(C)[nH]2)c1. The minimum absolute atomic E-state index is 0.673. The first-order valence-electron chi connectivity index (χ1n) is 4.97. The predicted molar refractivity (Wildman–Crippen MR) is 58.8 cm³/mol. The summed E-state index contributed by atoms with van der Waals surface area (Å²) in [5.41, 5.74) is 1.96. The molecule has 0 spiro atoms. The van der Waals surface area contributed by atoms with Crippen molar-refractivity contribution >= 4 is 0 Å². The third-order valence-electron chi connectivity index (χ3n) is 2.06. The predicted octanol–water partition coefficient (Wildman–Crippen LogP) is 2.58. The number of hydrogen-bond acceptors (Lipinski definition) is 2. The molecule has 77 valence electrons. The van der Waals surface area contributed by atoms with Gasteiger partial charge in [-0.1, -0.05) is 12.1 Å². The first-order chi connectivity index (χ1) is 7.29. The highest BCUT2D eigenvalue weighted by Gasteiger charge is 2.02. The van der Waals surface area contributed by atoms with E-state index < -0.39 is 0 Å². The molecule has 1 heterocycles. The van der Waals surface area contributed by atoms with Gasteiger partial charge in [-0.2, -0.15) is 0 Å². The Morgan fingerprint density at radius 1 is 1.47 bits per heavy atom. The lowest BCUT2D eigenvalue weighted by atomic mass is 10.2. The number of nitrogens with zero attached hydrogens (tertiary/aromatic N) is 1. The Labute approximate surface area is 89.1 Å². The Balaban J connectivity index is 2.32. The molecule has 0 atom stereocenters. The highest BCUT2D eigenvalue weighted by Crippen LogP contribution is 2.21. The number of rotatable bonds is 3. The Morgan fingerprint density at radius 3 is 3.00 bits per heavy atom. The van der Waals surface area contributed by atoms with Gasteiger partial charge in [-0.25, -0.2) is 4.98 Å². The number of imidazole rings is 1. The van der Waals surface area contributed by atoms with Crippen LogP contribution in [0.15, 0.2) is 24.3 Å². The minimum Gasteiger partial charge on any atom is -0.494 e. The molecule has 15 heavy (non-hydrogen) atoms. The number of hydrogen-bond donors (Lipinski definition) is 1. The Kier molecular flexibility index (Phi) is 2.72. The van der Waals surface area contributed by atoms with Crippen molar-refractivity contribution in [2.45, 2.75) is 13.8 Å². The highest BCUT2D eigenvalue weighted by atomic mass is 16.5. The molecule has 0 aliphatic rings. The number of H-pyrrole nitrogens is 1. The second-order valence-corrected chi connectivity index (χ2v) is 3.28. The van der Waals surface area contributed by atoms with Crippen LogP contribution in [0.2, 0.25) is 0 Å². The second kappa shape index (κ2) is 4.17. The van der Waals surface area contributed by atoms with Crippen LogP contribution in [0.5, 0.6) is 5.75 Å². The van der Waals surface area contributed by atoms with Crippen molar-refractivity contribution in [1.82, 2.24) is 9.97 Å². The van der Waals surface area contributed by atoms with Crippen LogP contribution in [0.1, 0.15) is 12.6 Å². The van der Waals surface area contributed by atoms with Gasteiger partial charge in [-0.3, -0.25) is 0 Å². The molecule has 0 aliphatic heterocycles. The summed E-state index contributed by atoms with van der Waals surface area (Å²) >= 11 is 0. The normalized spacial score (nSPS) is 10.3. The lowest BCUT2D eigenvalue weighted by molar-refractivity contribution is 0.340. The van der Waals surface area contributed by atoms with Crippen molar-refractivity contribution in [3.63, 3.8) is 0 Å². The van der Waals surface area contributed by atoms with Gasteiger partial charge < -0.3 is 9.72 Å². The van der Waals surface area contributed by atoms with E-state index in [1.54, 1.807) is 0 Å². The lowest BCUT2D eigenvalue weighted by Gasteiger charge is -2.03. The van der Waals surface area contributed by atoms with Gasteiger partial charge >= 0.3 is 0 Å². The monoisotopic (exact) mass is 201 g/mol. The van der Waals surface area contributed by atoms with Crippen LogP contribution in [0.25, 0.3) is 11.4 Å². The quantitative estimate of drug-likeness (QED) is 0.828. The van der Waals surface area contributed by atoms with Crippen LogP contribution in [-0.2, 0) is 0 Å². The Bertz CT molecular complexity index is 448. The number of aryl methyl sites for hydroxylation is 1. The van der Waals surface area contributed by atoms with Crippen molar-refractivity contribution in [1.29, 1.82) is 0 Å². The molecule has 0 unspecified atom stereocenters. The molecule has 3 nitrogen and oxygen atoms in total. The van der Waals surface area contributed by atoms with Crippen molar-refractivity contribution in [3.8, 4) is 17.1 Å². The van der Waals surface area contributed by atoms with E-state index in [2.05, 4.69) is 16.2 Å². The van der Waals surface area contributed by atoms with Crippen molar-refractivity contribution < 1.29 is 4.74 Å². The van der Waals surface area contributed by atoms with Crippen molar-refractivity contribution in [3.05, 3.63) is 36.2 Å². The summed E-state index contributed by atoms with van der Waals surface area (Å²) in [6, 6.07) is 7.86. The molecular formula is C12H13N2O. The van der Waals surface area contributed by atoms with E-state index in [0.29, 0.717) is 6.61 Å². The van der Waals surface area contributed by atoms with E-state index in [0.717, 1.165) is 22.8 Å². The average molecular weight is 201 g/mol. The van der Waals surface area contributed by atoms with Crippen molar-refractivity contribution in [2.75, 3.05) is 6.61 Å². The van der Waals surface area contributed by atoms with Gasteiger partial charge in [-0.15, -0.1) is 0 Å². The molecule has 3 heteroatoms. The average Bonchev–Trinajstić information content (AvgIpc) is 2.66. The van der Waals surface area contributed by atoms with Crippen LogP contribution in [0, 0.1) is 13.1 Å². The molecule has 1 N–H and O–H groups in total. The standard InChI is InChI=1S/C12H13N2O/c1-3-15-11-6-4-5-10(7-11)12-13-8-9(2)14-12/h4-7H,3H2,1-2H3,(H,13,14). The zero-order valence-corrected chi connectivity index (χ0v) is 8.87. The van der Waals surface area contributed by atoms with Crippen molar-refractivity contribution in [2.24, 2.45) is 0 Å². The first-order valence-corrected chi connectivity index (χ1v) is 4.97. The van der Waals surface area contributed by atoms with E-state index >= 15 is 0 Å². The maximum absolute atomic E-state index is 5.42. The van der Waals surface area contributed by atoms with Gasteiger partial charge in [0.05, 0.1) is 6.61 Å². The molecule has 0 fully saturated rings. The van der Waals surface area contributed by atoms with Crippen LogP contribution in [0.4, 0.5) is 0 Å². The van der Waals surface area contributed by atoms with E-state index in [9.17, 15) is 0 Å². The molecule has 0 saturated heterocycles. The van der Waals surface area contributed by atoms with Gasteiger partial charge in [-0.05, 0) is 26.0 Å². The number of benzene rings is 1. The summed E-state index contributed by atoms with van der Waals surface area (Å²) in [5, 5.41) is 0. The van der Waals surface area contributed by atoms with Crippen LogP contribution in [0.3, 0.4) is 0 Å². The summed E-state index contributed by atoms with van der Waals surface area (Å²) in [4.78, 5) is 7.29. The Morgan fingerprint density at radius 2 is 2.33 bits per heavy atom. The topological polar surface area (TPSA) is 37.9 Å². The molecule has 0 saturated carbocycles. The fraction of sp³-hybridized carbons (Fsp3) is 0.250. The fourth-order valence-corrected chi connectivity index (χ4v) is 1.41. The van der Waals surface area contributed by atoms with E-state index in [1.165, 1.54) is 0 Å². The smallest absolute Gasteiger partial charge is 0.138 e. The zero-order valence-electron chi connectivity index (χ0n) is 8.87. The van der Waals surface area contributed by atoms with Crippen LogP contribution in [-0.4, -0.2) is 16.6 Å². The molecule has 1 aromatic heterocycles. The molecule has 0 amide bonds. The zero-order chi connectivity index (χ0) is 10.7. The molecule has 2 rings (SSSR count). The molecule has 1 aromatic carbocycles. The van der Waals surface area contributed by atoms with E-state index in [-0.39, 0.29) is 0 Å². The summed E-state index contributed by atoms with van der Waals surface area (Å²) < 4.78 is 5.42. The highest BCUT2D eigenvalue weighted by molar-refractivity contribution is 5.57. The van der Waals surface area contributed by atoms with Gasteiger partial charge in [0.2, 0.25) is 0 Å². The van der Waals surface area contributed by atoms with Gasteiger partial charge in [0.25, 0.3) is 0 Å². The van der Waals surface area contributed by atoms with Gasteiger partial charge in [0.15, 0.2) is 0 Å². The summed E-state index contributed by atoms with van der Waals surface area (Å²) in [6.07, 6.45) is 2.87. The van der Waals surface area contributed by atoms with E-state index in [1.807, 2.05) is 38.1 Å². The minimum atomic E-state index is 0.673. The molecule has 0 bridgehead atoms. The molecule has 2 aromatic rings. The Hall–Kier alpha value is -1.77. The third-order valence-corrected chi connectivity index (χ3v) is 2.06. The number of ether oxygens (including phenoxy) is 1. The molecular weight excluding hydrogens is 188 g/mol. The maximum Gasteiger partial charge on any atom is 0.138 e. The maximum atomic E-state index is 5.42. The molecule has 1 radical (unpaired) electrons. The summed E-state index contributed by atoms with van der Waals surface area (Å²) in [5.74, 6) is 1.69. The van der Waals surface area contributed by atoms with Gasteiger partial charge in [0.1, 0.15) is 17.8 Å². The summed E-state index contributed by atoms with van der Waals surface area (Å²) in [7, 11) is 0. The number of aromatic nitrogens is 2. The second-order valence-electron chi connectivity index (χ2n) is 3.28. The summed E-state index contributed by atoms with van der Waals surface area (Å²) in [6.45, 7) is 4.58.